The van der Waals surface area contributed by atoms with Crippen LogP contribution in [-0.4, -0.2) is 28.0 Å². The van der Waals surface area contributed by atoms with Crippen molar-refractivity contribution in [2.24, 2.45) is 0 Å². The van der Waals surface area contributed by atoms with E-state index in [0.29, 0.717) is 6.42 Å². The number of esters is 1. The molecule has 0 bridgehead atoms. The summed E-state index contributed by atoms with van der Waals surface area (Å²) in [7, 11) is 0. The van der Waals surface area contributed by atoms with Gasteiger partial charge in [-0.25, -0.2) is 4.79 Å². The highest BCUT2D eigenvalue weighted by Crippen LogP contribution is 2.17. The molecule has 0 spiro atoms. The van der Waals surface area contributed by atoms with Crippen LogP contribution in [0.5, 0.6) is 0 Å². The van der Waals surface area contributed by atoms with E-state index in [1.54, 1.807) is 13.8 Å². The molecule has 5 heteroatoms. The van der Waals surface area contributed by atoms with Gasteiger partial charge in [0.15, 0.2) is 0 Å². The lowest BCUT2D eigenvalue weighted by molar-refractivity contribution is -0.145. The monoisotopic (exact) mass is 278 g/mol. The molecule has 0 saturated heterocycles. The molecule has 0 radical (unpaired) electrons. The van der Waals surface area contributed by atoms with Crippen LogP contribution in [0.3, 0.4) is 0 Å². The van der Waals surface area contributed by atoms with Crippen LogP contribution < -0.4 is 0 Å². The molecule has 0 atom stereocenters. The minimum absolute atomic E-state index is 0.193. The van der Waals surface area contributed by atoms with E-state index in [1.165, 1.54) is 13.0 Å². The number of carbonyl (C=O) groups excluding carboxylic acids is 1. The summed E-state index contributed by atoms with van der Waals surface area (Å²) in [5.41, 5.74) is 0.254. The van der Waals surface area contributed by atoms with E-state index in [-0.39, 0.29) is 18.1 Å². The molecule has 15 heavy (non-hydrogen) atoms. The molecule has 0 amide bonds. The van der Waals surface area contributed by atoms with Crippen LogP contribution in [0.2, 0.25) is 0 Å². The van der Waals surface area contributed by atoms with Crippen LogP contribution in [0.25, 0.3) is 0 Å². The molecule has 0 unspecified atom stereocenters. The smallest absolute Gasteiger partial charge is 0.330 e. The lowest BCUT2D eigenvalue weighted by Crippen LogP contribution is -2.26. The van der Waals surface area contributed by atoms with Gasteiger partial charge in [-0.05, 0) is 20.8 Å². The summed E-state index contributed by atoms with van der Waals surface area (Å²) >= 11 is 3.16. The Balaban J connectivity index is 3.87. The first-order chi connectivity index (χ1) is 6.75. The summed E-state index contributed by atoms with van der Waals surface area (Å²) in [6, 6.07) is 0. The lowest BCUT2D eigenvalue weighted by atomic mass is 10.2. The number of ether oxygens (including phenoxy) is 1. The molecule has 0 aliphatic heterocycles. The van der Waals surface area contributed by atoms with Gasteiger partial charge in [0.25, 0.3) is 0 Å². The highest BCUT2D eigenvalue weighted by molar-refractivity contribution is 9.10. The Morgan fingerprint density at radius 2 is 2.00 bits per heavy atom. The third-order valence-corrected chi connectivity index (χ3v) is 1.95. The maximum atomic E-state index is 11.2. The number of carboxylic acid groups (broad SMARTS) is 1. The number of carboxylic acids is 1. The zero-order valence-corrected chi connectivity index (χ0v) is 10.6. The van der Waals surface area contributed by atoms with Crippen LogP contribution in [0.15, 0.2) is 11.6 Å². The molecule has 0 aromatic carbocycles. The Morgan fingerprint density at radius 1 is 1.47 bits per heavy atom. The molecule has 4 nitrogen and oxygen atoms in total. The van der Waals surface area contributed by atoms with E-state index in [0.717, 1.165) is 0 Å². The predicted molar refractivity (Wildman–Crippen MR) is 60.0 cm³/mol. The second-order valence-electron chi connectivity index (χ2n) is 3.59. The van der Waals surface area contributed by atoms with Gasteiger partial charge < -0.3 is 9.84 Å². The molecule has 0 aliphatic rings. The van der Waals surface area contributed by atoms with Gasteiger partial charge in [-0.3, -0.25) is 4.79 Å². The molecule has 0 fully saturated rings. The molecule has 0 rings (SSSR count). The maximum absolute atomic E-state index is 11.2. The fourth-order valence-electron chi connectivity index (χ4n) is 0.686. The van der Waals surface area contributed by atoms with Gasteiger partial charge in [0.1, 0.15) is 4.32 Å². The van der Waals surface area contributed by atoms with Gasteiger partial charge in [-0.15, -0.1) is 0 Å². The van der Waals surface area contributed by atoms with Crippen molar-refractivity contribution in [3.63, 3.8) is 0 Å². The summed E-state index contributed by atoms with van der Waals surface area (Å²) in [6.07, 6.45) is 1.93. The van der Waals surface area contributed by atoms with Crippen LogP contribution in [0, 0.1) is 0 Å². The van der Waals surface area contributed by atoms with Gasteiger partial charge in [0, 0.05) is 12.0 Å². The second kappa shape index (κ2) is 5.90. The van der Waals surface area contributed by atoms with Crippen molar-refractivity contribution in [1.29, 1.82) is 0 Å². The third kappa shape index (κ3) is 6.28. The quantitative estimate of drug-likeness (QED) is 0.362. The number of halogens is 1. The number of hydrogen-bond donors (Lipinski definition) is 1. The van der Waals surface area contributed by atoms with Crippen molar-refractivity contribution < 1.29 is 19.4 Å². The summed E-state index contributed by atoms with van der Waals surface area (Å²) in [5.74, 6) is -1.31. The minimum Gasteiger partial charge on any atom is -0.478 e. The Bertz CT molecular complexity index is 276. The fraction of sp³-hybridized carbons (Fsp3) is 0.600. The average Bonchev–Trinajstić information content (AvgIpc) is 2.09. The molecule has 0 aliphatic carbocycles. The Hall–Kier alpha value is -0.840. The normalized spacial score (nSPS) is 12.4. The van der Waals surface area contributed by atoms with Crippen LogP contribution in [0.1, 0.15) is 27.2 Å². The molecule has 0 aromatic heterocycles. The van der Waals surface area contributed by atoms with E-state index in [4.69, 9.17) is 9.84 Å². The van der Waals surface area contributed by atoms with Gasteiger partial charge in [0.2, 0.25) is 0 Å². The highest BCUT2D eigenvalue weighted by atomic mass is 79.9. The predicted octanol–water partition coefficient (Wildman–Crippen LogP) is 2.12. The molecule has 0 heterocycles. The highest BCUT2D eigenvalue weighted by Gasteiger charge is 2.24. The number of alkyl halides is 1. The van der Waals surface area contributed by atoms with Crippen LogP contribution >= 0.6 is 15.9 Å². The number of hydrogen-bond acceptors (Lipinski definition) is 3. The lowest BCUT2D eigenvalue weighted by Gasteiger charge is -2.14. The average molecular weight is 279 g/mol. The Labute approximate surface area is 97.4 Å². The first kappa shape index (κ1) is 14.2. The zero-order chi connectivity index (χ0) is 12.1. The molecule has 1 N–H and O–H groups in total. The summed E-state index contributed by atoms with van der Waals surface area (Å²) in [5, 5.41) is 8.54. The summed E-state index contributed by atoms with van der Waals surface area (Å²) in [4.78, 5) is 21.6. The molecule has 86 valence electrons. The van der Waals surface area contributed by atoms with Crippen molar-refractivity contribution in [2.45, 2.75) is 31.5 Å². The van der Waals surface area contributed by atoms with Crippen molar-refractivity contribution in [2.75, 3.05) is 6.61 Å². The van der Waals surface area contributed by atoms with E-state index >= 15 is 0 Å². The van der Waals surface area contributed by atoms with E-state index in [1.807, 2.05) is 0 Å². The summed E-state index contributed by atoms with van der Waals surface area (Å²) < 4.78 is 4.22. The molecular formula is C10H15BrO4. The first-order valence-corrected chi connectivity index (χ1v) is 5.30. The van der Waals surface area contributed by atoms with Crippen molar-refractivity contribution in [3.05, 3.63) is 11.6 Å². The zero-order valence-electron chi connectivity index (χ0n) is 9.04. The van der Waals surface area contributed by atoms with E-state index < -0.39 is 10.3 Å². The van der Waals surface area contributed by atoms with Crippen molar-refractivity contribution in [1.82, 2.24) is 0 Å². The van der Waals surface area contributed by atoms with Gasteiger partial charge in [0.05, 0.1) is 6.61 Å². The molecular weight excluding hydrogens is 264 g/mol. The van der Waals surface area contributed by atoms with Crippen LogP contribution in [-0.2, 0) is 14.3 Å². The maximum Gasteiger partial charge on any atom is 0.330 e. The van der Waals surface area contributed by atoms with Crippen molar-refractivity contribution >= 4 is 27.9 Å². The number of aliphatic carboxylic acids is 1. The number of rotatable bonds is 5. The number of carbonyl (C=O) groups is 2. The Morgan fingerprint density at radius 3 is 2.40 bits per heavy atom. The topological polar surface area (TPSA) is 63.6 Å². The summed E-state index contributed by atoms with van der Waals surface area (Å²) in [6.45, 7) is 5.07. The van der Waals surface area contributed by atoms with Gasteiger partial charge in [-0.2, -0.15) is 0 Å². The van der Waals surface area contributed by atoms with Crippen LogP contribution in [0.4, 0.5) is 0 Å². The third-order valence-electron chi connectivity index (χ3n) is 1.62. The fourth-order valence-corrected chi connectivity index (χ4v) is 0.800. The van der Waals surface area contributed by atoms with Crippen molar-refractivity contribution in [3.8, 4) is 0 Å². The standard InChI is InChI=1S/C10H15BrO4/c1-7(8(12)13)5-4-6-15-9(14)10(2,3)11/h5H,4,6H2,1-3H3,(H,12,13). The minimum atomic E-state index is -0.956. The van der Waals surface area contributed by atoms with Gasteiger partial charge >= 0.3 is 11.9 Å². The van der Waals surface area contributed by atoms with Gasteiger partial charge in [-0.1, -0.05) is 22.0 Å². The van der Waals surface area contributed by atoms with E-state index in [9.17, 15) is 9.59 Å². The SMILES string of the molecule is CC(=CCCOC(=O)C(C)(C)Br)C(=O)O. The second-order valence-corrected chi connectivity index (χ2v) is 5.57. The van der Waals surface area contributed by atoms with E-state index in [2.05, 4.69) is 15.9 Å². The molecule has 0 saturated carbocycles. The Kier molecular flexibility index (Phi) is 5.57. The molecule has 0 aromatic rings. The largest absolute Gasteiger partial charge is 0.478 e. The first-order valence-electron chi connectivity index (χ1n) is 4.51.